The van der Waals surface area contributed by atoms with Gasteiger partial charge in [0.05, 0.1) is 23.5 Å². The Morgan fingerprint density at radius 1 is 1.25 bits per heavy atom. The van der Waals surface area contributed by atoms with Crippen molar-refractivity contribution in [2.45, 2.75) is 51.9 Å². The molecule has 0 radical (unpaired) electrons. The Morgan fingerprint density at radius 3 is 2.53 bits per heavy atom. The lowest BCUT2D eigenvalue weighted by Crippen LogP contribution is -2.51. The van der Waals surface area contributed by atoms with E-state index < -0.39 is 42.6 Å². The van der Waals surface area contributed by atoms with Gasteiger partial charge in [-0.15, -0.1) is 0 Å². The van der Waals surface area contributed by atoms with E-state index in [9.17, 15) is 32.8 Å². The van der Waals surface area contributed by atoms with Gasteiger partial charge in [0.25, 0.3) is 5.56 Å². The fourth-order valence-corrected chi connectivity index (χ4v) is 3.74. The molecule has 1 aromatic carbocycles. The van der Waals surface area contributed by atoms with Crippen molar-refractivity contribution < 1.29 is 22.8 Å². The van der Waals surface area contributed by atoms with Gasteiger partial charge in [0.1, 0.15) is 24.2 Å². The second-order valence-electron chi connectivity index (χ2n) is 7.17. The Kier molecular flexibility index (Phi) is 6.34. The molecule has 1 aliphatic rings. The van der Waals surface area contributed by atoms with Crippen LogP contribution in [0.4, 0.5) is 24.5 Å². The number of nitrogens with zero attached hydrogens (tertiary/aromatic N) is 4. The van der Waals surface area contributed by atoms with Crippen LogP contribution in [0.5, 0.6) is 0 Å². The maximum atomic E-state index is 13.9. The minimum absolute atomic E-state index is 0.0474. The van der Waals surface area contributed by atoms with Gasteiger partial charge >= 0.3 is 6.18 Å². The van der Waals surface area contributed by atoms with Crippen molar-refractivity contribution in [3.8, 4) is 6.07 Å². The Hall–Kier alpha value is -3.68. The van der Waals surface area contributed by atoms with Gasteiger partial charge in [0.15, 0.2) is 0 Å². The Morgan fingerprint density at radius 2 is 1.94 bits per heavy atom. The van der Waals surface area contributed by atoms with Crippen LogP contribution in [0.2, 0.25) is 0 Å². The molecule has 8 nitrogen and oxygen atoms in total. The number of anilines is 2. The van der Waals surface area contributed by atoms with Crippen LogP contribution in [0, 0.1) is 11.3 Å². The molecule has 1 N–H and O–H groups in total. The molecule has 0 bridgehead atoms. The number of aryl methyl sites for hydroxylation is 1. The lowest BCUT2D eigenvalue weighted by molar-refractivity contribution is -0.158. The molecule has 11 heteroatoms. The molecule has 2 amide bonds. The van der Waals surface area contributed by atoms with Crippen LogP contribution >= 0.6 is 0 Å². The number of carbonyl (C=O) groups excluding carboxylic acids is 2. The third kappa shape index (κ3) is 4.21. The summed E-state index contributed by atoms with van der Waals surface area (Å²) < 4.78 is 42.3. The number of nitriles is 1. The summed E-state index contributed by atoms with van der Waals surface area (Å²) in [5, 5.41) is 15.9. The van der Waals surface area contributed by atoms with Crippen LogP contribution in [0.25, 0.3) is 0 Å². The molecule has 1 aromatic heterocycles. The van der Waals surface area contributed by atoms with Crippen molar-refractivity contribution in [3.63, 3.8) is 0 Å². The topological polar surface area (TPSA) is 108 Å². The van der Waals surface area contributed by atoms with Crippen molar-refractivity contribution in [2.24, 2.45) is 0 Å². The molecule has 3 rings (SSSR count). The lowest BCUT2D eigenvalue weighted by atomic mass is 10.0. The number of rotatable bonds is 4. The summed E-state index contributed by atoms with van der Waals surface area (Å²) in [6.07, 6.45) is -5.17. The Bertz CT molecular complexity index is 1170. The molecule has 0 saturated carbocycles. The summed E-state index contributed by atoms with van der Waals surface area (Å²) in [6.45, 7) is 2.68. The average molecular weight is 447 g/mol. The zero-order chi connectivity index (χ0) is 23.6. The molecule has 1 unspecified atom stereocenters. The van der Waals surface area contributed by atoms with Crippen molar-refractivity contribution >= 4 is 23.2 Å². The van der Waals surface area contributed by atoms with E-state index in [0.717, 1.165) is 4.68 Å². The highest BCUT2D eigenvalue weighted by atomic mass is 19.4. The molecule has 2 aromatic rings. The zero-order valence-corrected chi connectivity index (χ0v) is 17.4. The smallest absolute Gasteiger partial charge is 0.324 e. The molecular weight excluding hydrogens is 427 g/mol. The van der Waals surface area contributed by atoms with Gasteiger partial charge in [-0.3, -0.25) is 19.3 Å². The molecule has 32 heavy (non-hydrogen) atoms. The number of benzene rings is 1. The van der Waals surface area contributed by atoms with Crippen LogP contribution < -0.4 is 15.8 Å². The normalized spacial score (nSPS) is 16.1. The molecule has 2 heterocycles. The van der Waals surface area contributed by atoms with E-state index in [1.54, 1.807) is 13.8 Å². The third-order valence-corrected chi connectivity index (χ3v) is 5.20. The highest BCUT2D eigenvalue weighted by Gasteiger charge is 2.49. The summed E-state index contributed by atoms with van der Waals surface area (Å²) in [5.74, 6) is -1.97. The predicted octanol–water partition coefficient (Wildman–Crippen LogP) is 2.55. The van der Waals surface area contributed by atoms with E-state index in [1.807, 2.05) is 6.07 Å². The van der Waals surface area contributed by atoms with E-state index in [-0.39, 0.29) is 16.9 Å². The van der Waals surface area contributed by atoms with Crippen LogP contribution in [-0.2, 0) is 29.0 Å². The Balaban J connectivity index is 2.12. The number of hydrogen-bond donors (Lipinski definition) is 1. The first-order valence-corrected chi connectivity index (χ1v) is 9.92. The summed E-state index contributed by atoms with van der Waals surface area (Å²) in [7, 11) is 0. The first-order valence-electron chi connectivity index (χ1n) is 9.92. The summed E-state index contributed by atoms with van der Waals surface area (Å²) in [4.78, 5) is 38.4. The van der Waals surface area contributed by atoms with Crippen molar-refractivity contribution in [2.75, 3.05) is 10.2 Å². The van der Waals surface area contributed by atoms with Gasteiger partial charge in [-0.2, -0.15) is 23.5 Å². The fourth-order valence-electron chi connectivity index (χ4n) is 3.74. The van der Waals surface area contributed by atoms with E-state index >= 15 is 0 Å². The predicted molar refractivity (Wildman–Crippen MR) is 109 cm³/mol. The van der Waals surface area contributed by atoms with Crippen LogP contribution in [0.3, 0.4) is 0 Å². The van der Waals surface area contributed by atoms with Gasteiger partial charge in [0, 0.05) is 0 Å². The summed E-state index contributed by atoms with van der Waals surface area (Å²) in [6, 6.07) is 5.01. The van der Waals surface area contributed by atoms with Crippen LogP contribution in [0.15, 0.2) is 29.1 Å². The minimum atomic E-state index is -4.90. The van der Waals surface area contributed by atoms with E-state index in [4.69, 9.17) is 0 Å². The molecule has 0 spiro atoms. The fraction of sp³-hybridized carbons (Fsp3) is 0.381. The van der Waals surface area contributed by atoms with Gasteiger partial charge in [0.2, 0.25) is 11.8 Å². The van der Waals surface area contributed by atoms with Gasteiger partial charge in [-0.1, -0.05) is 26.0 Å². The van der Waals surface area contributed by atoms with Gasteiger partial charge in [-0.25, -0.2) is 4.68 Å². The van der Waals surface area contributed by atoms with Gasteiger partial charge < -0.3 is 5.32 Å². The number of hydrogen-bond acceptors (Lipinski definition) is 5. The molecule has 1 aliphatic heterocycles. The van der Waals surface area contributed by atoms with Crippen LogP contribution in [0.1, 0.15) is 37.1 Å². The lowest BCUT2D eigenvalue weighted by Gasteiger charge is -2.31. The number of aromatic nitrogens is 2. The van der Waals surface area contributed by atoms with E-state index in [0.29, 0.717) is 29.0 Å². The largest absolute Gasteiger partial charge is 0.409 e. The monoisotopic (exact) mass is 447 g/mol. The summed E-state index contributed by atoms with van der Waals surface area (Å²) >= 11 is 0. The standard InChI is InChI=1S/C21H20F3N5O3/c1-3-12-13(10-25)20(32)28(27-14(12)4-2)11-19(31)29-16-8-6-5-7-15(16)26-18(30)9-17(29)21(22,23)24/h5-8,17H,3-4,9,11H2,1-2H3,(H,26,30). The molecular formula is C21H20F3N5O3. The SMILES string of the molecule is CCc1nn(CC(=O)N2c3ccccc3NC(=O)CC2C(F)(F)F)c(=O)c(C#N)c1CC. The molecule has 0 fully saturated rings. The second-order valence-corrected chi connectivity index (χ2v) is 7.17. The molecule has 0 aliphatic carbocycles. The molecule has 168 valence electrons. The van der Waals surface area contributed by atoms with E-state index in [1.165, 1.54) is 24.3 Å². The number of amides is 2. The zero-order valence-electron chi connectivity index (χ0n) is 17.4. The van der Waals surface area contributed by atoms with Crippen molar-refractivity contribution in [1.82, 2.24) is 9.78 Å². The van der Waals surface area contributed by atoms with E-state index in [2.05, 4.69) is 10.4 Å². The number of fused-ring (bicyclic) bond motifs is 1. The highest BCUT2D eigenvalue weighted by Crippen LogP contribution is 2.37. The first-order chi connectivity index (χ1) is 15.1. The number of para-hydroxylation sites is 2. The third-order valence-electron chi connectivity index (χ3n) is 5.20. The summed E-state index contributed by atoms with van der Waals surface area (Å²) in [5.41, 5.74) is -0.265. The minimum Gasteiger partial charge on any atom is -0.324 e. The quantitative estimate of drug-likeness (QED) is 0.775. The number of alkyl halides is 3. The molecule has 0 saturated heterocycles. The number of halogens is 3. The maximum Gasteiger partial charge on any atom is 0.409 e. The van der Waals surface area contributed by atoms with Gasteiger partial charge in [-0.05, 0) is 30.5 Å². The van der Waals surface area contributed by atoms with Crippen molar-refractivity contribution in [1.29, 1.82) is 5.26 Å². The maximum absolute atomic E-state index is 13.9. The first kappa shape index (κ1) is 23.0. The number of nitrogens with one attached hydrogen (secondary N) is 1. The number of carbonyl (C=O) groups is 2. The van der Waals surface area contributed by atoms with Crippen molar-refractivity contribution in [3.05, 3.63) is 51.4 Å². The highest BCUT2D eigenvalue weighted by molar-refractivity contribution is 6.04. The van der Waals surface area contributed by atoms with Crippen LogP contribution in [-0.4, -0.2) is 33.8 Å². The molecule has 1 atom stereocenters. The second kappa shape index (κ2) is 8.82. The Labute approximate surface area is 181 Å². The average Bonchev–Trinajstić information content (AvgIpc) is 2.90.